The third-order valence-corrected chi connectivity index (χ3v) is 5.01. The lowest BCUT2D eigenvalue weighted by Crippen LogP contribution is -2.40. The first-order valence-corrected chi connectivity index (χ1v) is 8.83. The number of rotatable bonds is 9. The second-order valence-corrected chi connectivity index (χ2v) is 7.04. The summed E-state index contributed by atoms with van der Waals surface area (Å²) < 4.78 is 66.1. The van der Waals surface area contributed by atoms with E-state index in [1.54, 1.807) is 0 Å². The minimum atomic E-state index is -4.88. The fourth-order valence-electron chi connectivity index (χ4n) is 1.98. The first kappa shape index (κ1) is 21.2. The molecule has 0 aliphatic carbocycles. The Morgan fingerprint density at radius 1 is 1.24 bits per heavy atom. The molecule has 0 saturated heterocycles. The monoisotopic (exact) mass is 384 g/mol. The van der Waals surface area contributed by atoms with E-state index in [4.69, 9.17) is 5.21 Å². The SMILES string of the molecule is CCCCCN(CC(=O)NO)S(=O)(=O)c1ccc(OC(F)(F)F)cc1. The number of carbonyl (C=O) groups excluding carboxylic acids is 1. The quantitative estimate of drug-likeness (QED) is 0.387. The summed E-state index contributed by atoms with van der Waals surface area (Å²) in [5, 5.41) is 8.59. The molecule has 0 aromatic heterocycles. The zero-order valence-corrected chi connectivity index (χ0v) is 14.2. The molecule has 0 fully saturated rings. The van der Waals surface area contributed by atoms with Crippen molar-refractivity contribution in [3.8, 4) is 5.75 Å². The maximum atomic E-state index is 12.6. The van der Waals surface area contributed by atoms with E-state index >= 15 is 0 Å². The molecular weight excluding hydrogens is 365 g/mol. The highest BCUT2D eigenvalue weighted by Crippen LogP contribution is 2.25. The van der Waals surface area contributed by atoms with Crippen LogP contribution in [0.4, 0.5) is 13.2 Å². The first-order chi connectivity index (χ1) is 11.6. The van der Waals surface area contributed by atoms with Gasteiger partial charge in [-0.2, -0.15) is 4.31 Å². The lowest BCUT2D eigenvalue weighted by molar-refractivity contribution is -0.274. The van der Waals surface area contributed by atoms with Gasteiger partial charge in [-0.05, 0) is 30.7 Å². The van der Waals surface area contributed by atoms with Gasteiger partial charge in [0.15, 0.2) is 0 Å². The van der Waals surface area contributed by atoms with Gasteiger partial charge in [-0.3, -0.25) is 10.0 Å². The maximum absolute atomic E-state index is 12.6. The molecule has 2 N–H and O–H groups in total. The van der Waals surface area contributed by atoms with Gasteiger partial charge in [0.2, 0.25) is 10.0 Å². The van der Waals surface area contributed by atoms with Gasteiger partial charge in [0.05, 0.1) is 11.4 Å². The molecule has 7 nitrogen and oxygen atoms in total. The van der Waals surface area contributed by atoms with Crippen molar-refractivity contribution in [1.29, 1.82) is 0 Å². The van der Waals surface area contributed by atoms with Crippen molar-refractivity contribution in [2.45, 2.75) is 37.4 Å². The zero-order chi connectivity index (χ0) is 19.1. The Balaban J connectivity index is 3.00. The lowest BCUT2D eigenvalue weighted by atomic mass is 10.2. The van der Waals surface area contributed by atoms with Crippen LogP contribution in [0.15, 0.2) is 29.2 Å². The average molecular weight is 384 g/mol. The Morgan fingerprint density at radius 3 is 2.32 bits per heavy atom. The lowest BCUT2D eigenvalue weighted by Gasteiger charge is -2.21. The van der Waals surface area contributed by atoms with Crippen molar-refractivity contribution in [3.63, 3.8) is 0 Å². The van der Waals surface area contributed by atoms with Crippen LogP contribution in [-0.4, -0.2) is 43.3 Å². The molecule has 1 amide bonds. The van der Waals surface area contributed by atoms with Gasteiger partial charge in [-0.15, -0.1) is 13.2 Å². The summed E-state index contributed by atoms with van der Waals surface area (Å²) in [6.45, 7) is 1.34. The number of sulfonamides is 1. The van der Waals surface area contributed by atoms with Crippen molar-refractivity contribution in [3.05, 3.63) is 24.3 Å². The Labute approximate surface area is 143 Å². The standard InChI is InChI=1S/C14H19F3N2O5S/c1-2-3-4-9-19(10-13(20)18-21)25(22,23)12-7-5-11(6-8-12)24-14(15,16)17/h5-8,21H,2-4,9-10H2,1H3,(H,18,20). The normalized spacial score (nSPS) is 12.2. The number of ether oxygens (including phenoxy) is 1. The first-order valence-electron chi connectivity index (χ1n) is 7.39. The number of alkyl halides is 3. The summed E-state index contributed by atoms with van der Waals surface area (Å²) in [7, 11) is -4.12. The molecule has 0 saturated carbocycles. The molecule has 142 valence electrons. The summed E-state index contributed by atoms with van der Waals surface area (Å²) >= 11 is 0. The minimum Gasteiger partial charge on any atom is -0.406 e. The van der Waals surface area contributed by atoms with Crippen molar-refractivity contribution in [2.75, 3.05) is 13.1 Å². The van der Waals surface area contributed by atoms with Crippen molar-refractivity contribution < 1.29 is 36.3 Å². The van der Waals surface area contributed by atoms with E-state index in [9.17, 15) is 26.4 Å². The van der Waals surface area contributed by atoms with Gasteiger partial charge in [-0.1, -0.05) is 19.8 Å². The number of nitrogens with zero attached hydrogens (tertiary/aromatic N) is 1. The molecule has 1 aromatic rings. The summed E-state index contributed by atoms with van der Waals surface area (Å²) in [5.74, 6) is -1.48. The van der Waals surface area contributed by atoms with Crippen LogP contribution in [0.5, 0.6) is 5.75 Å². The third-order valence-electron chi connectivity index (χ3n) is 3.15. The van der Waals surface area contributed by atoms with Crippen LogP contribution in [-0.2, 0) is 14.8 Å². The Morgan fingerprint density at radius 2 is 1.84 bits per heavy atom. The Hall–Kier alpha value is -1.85. The fourth-order valence-corrected chi connectivity index (χ4v) is 3.42. The maximum Gasteiger partial charge on any atom is 0.573 e. The van der Waals surface area contributed by atoms with Crippen molar-refractivity contribution >= 4 is 15.9 Å². The van der Waals surface area contributed by atoms with E-state index < -0.39 is 34.6 Å². The van der Waals surface area contributed by atoms with Crippen LogP contribution >= 0.6 is 0 Å². The summed E-state index contributed by atoms with van der Waals surface area (Å²) in [5.41, 5.74) is 1.35. The largest absolute Gasteiger partial charge is 0.573 e. The molecule has 0 unspecified atom stereocenters. The minimum absolute atomic E-state index is 0.0321. The summed E-state index contributed by atoms with van der Waals surface area (Å²) in [6.07, 6.45) is -2.84. The fraction of sp³-hybridized carbons (Fsp3) is 0.500. The van der Waals surface area contributed by atoms with Crippen LogP contribution in [0.2, 0.25) is 0 Å². The Kier molecular flexibility index (Phi) is 7.64. The molecule has 0 atom stereocenters. The van der Waals surface area contributed by atoms with Gasteiger partial charge in [-0.25, -0.2) is 13.9 Å². The number of halogens is 3. The topological polar surface area (TPSA) is 95.9 Å². The number of hydrogen-bond donors (Lipinski definition) is 2. The second kappa shape index (κ2) is 9.02. The van der Waals surface area contributed by atoms with Gasteiger partial charge >= 0.3 is 6.36 Å². The van der Waals surface area contributed by atoms with Gasteiger partial charge in [0.25, 0.3) is 5.91 Å². The smallest absolute Gasteiger partial charge is 0.406 e. The number of benzene rings is 1. The highest BCUT2D eigenvalue weighted by molar-refractivity contribution is 7.89. The molecule has 0 bridgehead atoms. The molecule has 0 aliphatic rings. The zero-order valence-electron chi connectivity index (χ0n) is 13.4. The molecule has 0 radical (unpaired) electrons. The van der Waals surface area contributed by atoms with Crippen molar-refractivity contribution in [1.82, 2.24) is 9.79 Å². The highest BCUT2D eigenvalue weighted by atomic mass is 32.2. The van der Waals surface area contributed by atoms with Gasteiger partial charge < -0.3 is 4.74 Å². The summed E-state index contributed by atoms with van der Waals surface area (Å²) in [6, 6.07) is 3.66. The van der Waals surface area contributed by atoms with Crippen LogP contribution in [0.25, 0.3) is 0 Å². The van der Waals surface area contributed by atoms with Crippen molar-refractivity contribution in [2.24, 2.45) is 0 Å². The van der Waals surface area contributed by atoms with Crippen LogP contribution in [0.1, 0.15) is 26.2 Å². The molecule has 0 aliphatic heterocycles. The summed E-state index contributed by atoms with van der Waals surface area (Å²) in [4.78, 5) is 11.0. The van der Waals surface area contributed by atoms with E-state index in [1.807, 2.05) is 6.92 Å². The molecule has 11 heteroatoms. The highest BCUT2D eigenvalue weighted by Gasteiger charge is 2.31. The van der Waals surface area contributed by atoms with E-state index in [2.05, 4.69) is 4.74 Å². The predicted octanol–water partition coefficient (Wildman–Crippen LogP) is 2.27. The molecular formula is C14H19F3N2O5S. The number of hydroxylamine groups is 1. The predicted molar refractivity (Wildman–Crippen MR) is 81.3 cm³/mol. The number of hydrogen-bond acceptors (Lipinski definition) is 5. The molecule has 0 spiro atoms. The number of amides is 1. The molecule has 25 heavy (non-hydrogen) atoms. The van der Waals surface area contributed by atoms with E-state index in [-0.39, 0.29) is 11.4 Å². The van der Waals surface area contributed by atoms with E-state index in [0.29, 0.717) is 6.42 Å². The number of unbranched alkanes of at least 4 members (excludes halogenated alkanes) is 2. The molecule has 1 rings (SSSR count). The van der Waals surface area contributed by atoms with E-state index in [0.717, 1.165) is 41.4 Å². The van der Waals surface area contributed by atoms with Gasteiger partial charge in [0.1, 0.15) is 5.75 Å². The molecule has 1 aromatic carbocycles. The van der Waals surface area contributed by atoms with Crippen LogP contribution in [0, 0.1) is 0 Å². The van der Waals surface area contributed by atoms with E-state index in [1.165, 1.54) is 5.48 Å². The van der Waals surface area contributed by atoms with Crippen LogP contribution < -0.4 is 10.2 Å². The third kappa shape index (κ3) is 6.88. The average Bonchev–Trinajstić information content (AvgIpc) is 2.52. The number of nitrogens with one attached hydrogen (secondary N) is 1. The van der Waals surface area contributed by atoms with Crippen LogP contribution in [0.3, 0.4) is 0 Å². The van der Waals surface area contributed by atoms with Gasteiger partial charge in [0, 0.05) is 6.54 Å². The second-order valence-electron chi connectivity index (χ2n) is 5.10. The Bertz CT molecular complexity index is 662. The molecule has 0 heterocycles. The number of carbonyl (C=O) groups is 1.